The fourth-order valence-electron chi connectivity index (χ4n) is 1.49. The summed E-state index contributed by atoms with van der Waals surface area (Å²) >= 11 is 0. The number of methoxy groups -OCH3 is 1. The molecule has 18 heavy (non-hydrogen) atoms. The van der Waals surface area contributed by atoms with Gasteiger partial charge in [-0.1, -0.05) is 18.2 Å². The molecule has 0 bridgehead atoms. The predicted octanol–water partition coefficient (Wildman–Crippen LogP) is 1.73. The van der Waals surface area contributed by atoms with Crippen molar-refractivity contribution in [3.63, 3.8) is 0 Å². The number of fused-ring (bicyclic) bond motifs is 1. The topological polar surface area (TPSA) is 65.7 Å². The van der Waals surface area contributed by atoms with E-state index in [0.29, 0.717) is 5.58 Å². The van der Waals surface area contributed by atoms with E-state index in [1.54, 1.807) is 18.2 Å². The number of hydrogen-bond acceptors (Lipinski definition) is 5. The summed E-state index contributed by atoms with van der Waals surface area (Å²) in [5.41, 5.74) is -0.0543. The first kappa shape index (κ1) is 12.2. The third-order valence-electron chi connectivity index (χ3n) is 2.40. The Morgan fingerprint density at radius 2 is 2.11 bits per heavy atom. The van der Waals surface area contributed by atoms with E-state index in [0.717, 1.165) is 5.39 Å². The average Bonchev–Trinajstić information content (AvgIpc) is 2.39. The molecule has 0 amide bonds. The lowest BCUT2D eigenvalue weighted by Crippen LogP contribution is -2.12. The van der Waals surface area contributed by atoms with Crippen molar-refractivity contribution in [1.82, 2.24) is 0 Å². The second-order valence-corrected chi connectivity index (χ2v) is 3.61. The van der Waals surface area contributed by atoms with Gasteiger partial charge in [-0.15, -0.1) is 0 Å². The fourth-order valence-corrected chi connectivity index (χ4v) is 1.49. The highest BCUT2D eigenvalue weighted by Crippen LogP contribution is 2.16. The molecule has 94 valence electrons. The van der Waals surface area contributed by atoms with Crippen molar-refractivity contribution >= 4 is 16.9 Å². The van der Waals surface area contributed by atoms with Crippen molar-refractivity contribution in [2.24, 2.45) is 0 Å². The number of rotatable bonds is 4. The van der Waals surface area contributed by atoms with Gasteiger partial charge < -0.3 is 13.9 Å². The van der Waals surface area contributed by atoms with Crippen LogP contribution in [0.5, 0.6) is 5.75 Å². The molecule has 0 saturated carbocycles. The Hall–Kier alpha value is -2.30. The van der Waals surface area contributed by atoms with Crippen molar-refractivity contribution in [3.8, 4) is 5.75 Å². The second-order valence-electron chi connectivity index (χ2n) is 3.61. The summed E-state index contributed by atoms with van der Waals surface area (Å²) in [5, 5.41) is 0.769. The van der Waals surface area contributed by atoms with Crippen LogP contribution in [0.15, 0.2) is 39.5 Å². The van der Waals surface area contributed by atoms with Gasteiger partial charge in [0, 0.05) is 5.39 Å². The van der Waals surface area contributed by atoms with Gasteiger partial charge in [-0.2, -0.15) is 0 Å². The largest absolute Gasteiger partial charge is 0.486 e. The molecule has 1 heterocycles. The average molecular weight is 248 g/mol. The zero-order valence-corrected chi connectivity index (χ0v) is 9.84. The zero-order chi connectivity index (χ0) is 13.0. The van der Waals surface area contributed by atoms with Gasteiger partial charge in [-0.25, -0.2) is 4.79 Å². The van der Waals surface area contributed by atoms with Crippen LogP contribution in [0.4, 0.5) is 0 Å². The first-order valence-electron chi connectivity index (χ1n) is 5.43. The summed E-state index contributed by atoms with van der Waals surface area (Å²) in [6.45, 7) is 0.0791. The van der Waals surface area contributed by atoms with Crippen molar-refractivity contribution in [2.45, 2.75) is 6.42 Å². The quantitative estimate of drug-likeness (QED) is 0.609. The highest BCUT2D eigenvalue weighted by Gasteiger charge is 2.07. The first-order valence-corrected chi connectivity index (χ1v) is 5.43. The van der Waals surface area contributed by atoms with E-state index in [-0.39, 0.29) is 24.7 Å². The van der Waals surface area contributed by atoms with E-state index < -0.39 is 5.63 Å². The van der Waals surface area contributed by atoms with Gasteiger partial charge in [0.1, 0.15) is 5.58 Å². The molecule has 0 aliphatic rings. The minimum absolute atomic E-state index is 0.0791. The van der Waals surface area contributed by atoms with Crippen molar-refractivity contribution < 1.29 is 18.7 Å². The smallest absolute Gasteiger partial charge is 0.379 e. The highest BCUT2D eigenvalue weighted by molar-refractivity contribution is 5.77. The Labute approximate surface area is 103 Å². The molecule has 0 aliphatic heterocycles. The first-order chi connectivity index (χ1) is 8.70. The second kappa shape index (κ2) is 5.35. The standard InChI is InChI=1S/C13H12O5/c1-16-12(14)6-7-17-11-8-9-4-2-3-5-10(9)18-13(11)15/h2-5,8H,6-7H2,1H3. The molecule has 0 aliphatic carbocycles. The van der Waals surface area contributed by atoms with Crippen LogP contribution in [0.2, 0.25) is 0 Å². The van der Waals surface area contributed by atoms with Crippen LogP contribution in [0.3, 0.4) is 0 Å². The lowest BCUT2D eigenvalue weighted by Gasteiger charge is -2.04. The summed E-state index contributed by atoms with van der Waals surface area (Å²) in [5.74, 6) is -0.294. The number of benzene rings is 1. The van der Waals surface area contributed by atoms with E-state index >= 15 is 0 Å². The van der Waals surface area contributed by atoms with E-state index in [1.807, 2.05) is 12.1 Å². The number of ether oxygens (including phenoxy) is 2. The molecule has 5 nitrogen and oxygen atoms in total. The third-order valence-corrected chi connectivity index (χ3v) is 2.40. The van der Waals surface area contributed by atoms with Crippen LogP contribution < -0.4 is 10.4 Å². The van der Waals surface area contributed by atoms with E-state index in [9.17, 15) is 9.59 Å². The molecule has 2 rings (SSSR count). The lowest BCUT2D eigenvalue weighted by atomic mass is 10.2. The molecule has 0 atom stereocenters. The van der Waals surface area contributed by atoms with Gasteiger partial charge in [0.25, 0.3) is 0 Å². The summed E-state index contributed by atoms with van der Waals surface area (Å²) in [4.78, 5) is 22.5. The van der Waals surface area contributed by atoms with Crippen LogP contribution in [0.25, 0.3) is 11.0 Å². The molecule has 1 aromatic carbocycles. The van der Waals surface area contributed by atoms with Gasteiger partial charge in [0.05, 0.1) is 20.1 Å². The van der Waals surface area contributed by atoms with E-state index in [2.05, 4.69) is 4.74 Å². The number of carbonyl (C=O) groups is 1. The number of hydrogen-bond donors (Lipinski definition) is 0. The minimum Gasteiger partial charge on any atom is -0.486 e. The molecule has 0 N–H and O–H groups in total. The molecule has 5 heteroatoms. The molecule has 2 aromatic rings. The monoisotopic (exact) mass is 248 g/mol. The van der Waals surface area contributed by atoms with Gasteiger partial charge in [-0.05, 0) is 12.1 Å². The van der Waals surface area contributed by atoms with E-state index in [1.165, 1.54) is 7.11 Å². The molecule has 0 fully saturated rings. The van der Waals surface area contributed by atoms with Gasteiger partial charge in [-0.3, -0.25) is 4.79 Å². The highest BCUT2D eigenvalue weighted by atomic mass is 16.5. The summed E-state index contributed by atoms with van der Waals surface area (Å²) < 4.78 is 14.8. The van der Waals surface area contributed by atoms with Crippen LogP contribution in [-0.4, -0.2) is 19.7 Å². The normalized spacial score (nSPS) is 10.3. The Balaban J connectivity index is 2.15. The number of carbonyl (C=O) groups excluding carboxylic acids is 1. The number of esters is 1. The maximum atomic E-state index is 11.6. The van der Waals surface area contributed by atoms with Crippen molar-refractivity contribution in [2.75, 3.05) is 13.7 Å². The van der Waals surface area contributed by atoms with Crippen LogP contribution in [0.1, 0.15) is 6.42 Å². The van der Waals surface area contributed by atoms with Crippen molar-refractivity contribution in [3.05, 3.63) is 40.8 Å². The minimum atomic E-state index is -0.557. The Morgan fingerprint density at radius 3 is 2.89 bits per heavy atom. The Bertz CT molecular complexity index is 614. The Morgan fingerprint density at radius 1 is 1.33 bits per heavy atom. The maximum absolute atomic E-state index is 11.6. The van der Waals surface area contributed by atoms with Crippen LogP contribution in [-0.2, 0) is 9.53 Å². The number of para-hydroxylation sites is 1. The lowest BCUT2D eigenvalue weighted by molar-refractivity contribution is -0.141. The molecule has 0 radical (unpaired) electrons. The Kier molecular flexibility index (Phi) is 3.62. The molecule has 1 aromatic heterocycles. The molecule has 0 saturated heterocycles. The van der Waals surface area contributed by atoms with E-state index in [4.69, 9.17) is 9.15 Å². The van der Waals surface area contributed by atoms with Gasteiger partial charge in [0.15, 0.2) is 0 Å². The van der Waals surface area contributed by atoms with Crippen LogP contribution >= 0.6 is 0 Å². The molecule has 0 spiro atoms. The van der Waals surface area contributed by atoms with Gasteiger partial charge >= 0.3 is 11.6 Å². The zero-order valence-electron chi connectivity index (χ0n) is 9.84. The fraction of sp³-hybridized carbons (Fsp3) is 0.231. The van der Waals surface area contributed by atoms with Crippen molar-refractivity contribution in [1.29, 1.82) is 0 Å². The third kappa shape index (κ3) is 2.68. The summed E-state index contributed by atoms with van der Waals surface area (Å²) in [6.07, 6.45) is 0.0861. The maximum Gasteiger partial charge on any atom is 0.379 e. The molecular weight excluding hydrogens is 236 g/mol. The summed E-state index contributed by atoms with van der Waals surface area (Å²) in [6, 6.07) is 8.72. The van der Waals surface area contributed by atoms with Crippen LogP contribution in [0, 0.1) is 0 Å². The van der Waals surface area contributed by atoms with Gasteiger partial charge in [0.2, 0.25) is 5.75 Å². The summed E-state index contributed by atoms with van der Waals surface area (Å²) in [7, 11) is 1.30. The molecule has 0 unspecified atom stereocenters. The molecular formula is C13H12O5. The SMILES string of the molecule is COC(=O)CCOc1cc2ccccc2oc1=O. The predicted molar refractivity (Wildman–Crippen MR) is 64.6 cm³/mol.